The highest BCUT2D eigenvalue weighted by Crippen LogP contribution is 2.37. The van der Waals surface area contributed by atoms with Gasteiger partial charge in [-0.2, -0.15) is 0 Å². The molecule has 2 amide bonds. The Kier molecular flexibility index (Phi) is 5.75. The lowest BCUT2D eigenvalue weighted by atomic mass is 9.84. The predicted molar refractivity (Wildman–Crippen MR) is 121 cm³/mol. The number of halogens is 1. The van der Waals surface area contributed by atoms with Gasteiger partial charge in [0.05, 0.1) is 6.04 Å². The van der Waals surface area contributed by atoms with Crippen molar-refractivity contribution < 1.29 is 13.9 Å². The van der Waals surface area contributed by atoms with Crippen molar-refractivity contribution in [3.05, 3.63) is 65.0 Å². The van der Waals surface area contributed by atoms with E-state index >= 15 is 0 Å². The van der Waals surface area contributed by atoms with Gasteiger partial charge in [0.25, 0.3) is 0 Å². The van der Waals surface area contributed by atoms with Gasteiger partial charge in [-0.15, -0.1) is 6.42 Å². The summed E-state index contributed by atoms with van der Waals surface area (Å²) in [7, 11) is 0. The molecule has 32 heavy (non-hydrogen) atoms. The van der Waals surface area contributed by atoms with Crippen molar-refractivity contribution >= 4 is 6.03 Å². The molecule has 2 bridgehead atoms. The molecule has 2 aromatic carbocycles. The highest BCUT2D eigenvalue weighted by molar-refractivity contribution is 5.76. The number of amides is 2. The first-order valence-corrected chi connectivity index (χ1v) is 11.4. The van der Waals surface area contributed by atoms with Crippen molar-refractivity contribution in [1.29, 1.82) is 0 Å². The summed E-state index contributed by atoms with van der Waals surface area (Å²) < 4.78 is 19.2. The highest BCUT2D eigenvalue weighted by atomic mass is 19.1. The standard InChI is InChI=1S/C26H28FN3O2/c1-2-15-32-22-7-8-23-20(16-22)11-14-30(25(23)19-3-5-21(27)6-4-19)26(31)28-24-17-29-12-9-18(24)10-13-29/h1,3-8,16,18,24-25H,9-15,17H2,(H,28,31)/t24-,25+/m1/s1. The second-order valence-electron chi connectivity index (χ2n) is 8.94. The maximum atomic E-state index is 13.6. The Morgan fingerprint density at radius 3 is 2.62 bits per heavy atom. The van der Waals surface area contributed by atoms with Crippen LogP contribution in [0, 0.1) is 24.1 Å². The number of rotatable bonds is 4. The van der Waals surface area contributed by atoms with Gasteiger partial charge in [0.15, 0.2) is 0 Å². The Balaban J connectivity index is 1.43. The molecule has 0 saturated carbocycles. The van der Waals surface area contributed by atoms with E-state index in [9.17, 15) is 9.18 Å². The van der Waals surface area contributed by atoms with Crippen LogP contribution in [0.25, 0.3) is 0 Å². The molecule has 6 rings (SSSR count). The predicted octanol–water partition coefficient (Wildman–Crippen LogP) is 3.59. The molecule has 4 aliphatic heterocycles. The zero-order valence-electron chi connectivity index (χ0n) is 18.1. The van der Waals surface area contributed by atoms with Gasteiger partial charge < -0.3 is 19.9 Å². The molecule has 0 radical (unpaired) electrons. The zero-order chi connectivity index (χ0) is 22.1. The number of piperidine rings is 3. The fourth-order valence-corrected chi connectivity index (χ4v) is 5.41. The van der Waals surface area contributed by atoms with Crippen LogP contribution in [0.4, 0.5) is 9.18 Å². The third kappa shape index (κ3) is 4.05. The first-order valence-electron chi connectivity index (χ1n) is 11.4. The molecular weight excluding hydrogens is 405 g/mol. The zero-order valence-corrected chi connectivity index (χ0v) is 18.1. The van der Waals surface area contributed by atoms with Crippen molar-refractivity contribution in [2.45, 2.75) is 31.3 Å². The summed E-state index contributed by atoms with van der Waals surface area (Å²) in [6, 6.07) is 12.2. The third-order valence-corrected chi connectivity index (χ3v) is 7.08. The van der Waals surface area contributed by atoms with Crippen LogP contribution in [0.5, 0.6) is 5.75 Å². The number of benzene rings is 2. The fraction of sp³-hybridized carbons (Fsp3) is 0.423. The monoisotopic (exact) mass is 433 g/mol. The molecule has 166 valence electrons. The SMILES string of the molecule is C#CCOc1ccc2c(c1)CCN(C(=O)N[C@@H]1CN3CCC1CC3)[C@H]2c1ccc(F)cc1. The number of carbonyl (C=O) groups is 1. The smallest absolute Gasteiger partial charge is 0.318 e. The second-order valence-corrected chi connectivity index (χ2v) is 8.94. The van der Waals surface area contributed by atoms with E-state index in [4.69, 9.17) is 11.2 Å². The van der Waals surface area contributed by atoms with E-state index < -0.39 is 0 Å². The Hall–Kier alpha value is -3.04. The maximum absolute atomic E-state index is 13.6. The summed E-state index contributed by atoms with van der Waals surface area (Å²) in [6.45, 7) is 4.00. The Labute approximate surface area is 188 Å². The van der Waals surface area contributed by atoms with E-state index in [1.54, 1.807) is 12.1 Å². The van der Waals surface area contributed by atoms with Crippen LogP contribution < -0.4 is 10.1 Å². The molecule has 6 heteroatoms. The molecule has 5 nitrogen and oxygen atoms in total. The summed E-state index contributed by atoms with van der Waals surface area (Å²) in [5.41, 5.74) is 3.06. The van der Waals surface area contributed by atoms with E-state index in [1.807, 2.05) is 23.1 Å². The fourth-order valence-electron chi connectivity index (χ4n) is 5.41. The normalized spacial score (nSPS) is 26.2. The highest BCUT2D eigenvalue weighted by Gasteiger charge is 2.38. The number of nitrogens with one attached hydrogen (secondary N) is 1. The molecule has 1 N–H and O–H groups in total. The second kappa shape index (κ2) is 8.84. The van der Waals surface area contributed by atoms with E-state index in [-0.39, 0.29) is 30.5 Å². The lowest BCUT2D eigenvalue weighted by molar-refractivity contribution is 0.0715. The van der Waals surface area contributed by atoms with Crippen LogP contribution in [0.1, 0.15) is 35.6 Å². The molecule has 3 fully saturated rings. The molecular formula is C26H28FN3O2. The number of nitrogens with zero attached hydrogens (tertiary/aromatic N) is 2. The topological polar surface area (TPSA) is 44.8 Å². The van der Waals surface area contributed by atoms with Crippen molar-refractivity contribution in [1.82, 2.24) is 15.1 Å². The minimum Gasteiger partial charge on any atom is -0.481 e. The summed E-state index contributed by atoms with van der Waals surface area (Å²) in [5.74, 6) is 3.48. The Morgan fingerprint density at radius 2 is 1.94 bits per heavy atom. The first kappa shape index (κ1) is 20.8. The van der Waals surface area contributed by atoms with Gasteiger partial charge in [-0.3, -0.25) is 0 Å². The number of ether oxygens (including phenoxy) is 1. The molecule has 0 unspecified atom stereocenters. The molecule has 0 aromatic heterocycles. The number of urea groups is 1. The molecule has 4 aliphatic rings. The lowest BCUT2D eigenvalue weighted by Gasteiger charge is -2.46. The number of fused-ring (bicyclic) bond motifs is 4. The van der Waals surface area contributed by atoms with Gasteiger partial charge >= 0.3 is 6.03 Å². The number of hydrogen-bond acceptors (Lipinski definition) is 3. The van der Waals surface area contributed by atoms with E-state index in [0.29, 0.717) is 12.5 Å². The van der Waals surface area contributed by atoms with Crippen LogP contribution >= 0.6 is 0 Å². The van der Waals surface area contributed by atoms with Gasteiger partial charge in [-0.05, 0) is 79.2 Å². The first-order chi connectivity index (χ1) is 15.6. The average Bonchev–Trinajstić information content (AvgIpc) is 2.83. The number of hydrogen-bond donors (Lipinski definition) is 1. The minimum atomic E-state index is -0.286. The van der Waals surface area contributed by atoms with Crippen LogP contribution in [0.3, 0.4) is 0 Å². The van der Waals surface area contributed by atoms with Gasteiger partial charge in [0.1, 0.15) is 18.2 Å². The van der Waals surface area contributed by atoms with Crippen LogP contribution in [-0.2, 0) is 6.42 Å². The van der Waals surface area contributed by atoms with Gasteiger partial charge in [-0.1, -0.05) is 24.1 Å². The van der Waals surface area contributed by atoms with E-state index in [1.165, 1.54) is 12.1 Å². The quantitative estimate of drug-likeness (QED) is 0.750. The van der Waals surface area contributed by atoms with Crippen LogP contribution in [-0.4, -0.2) is 54.7 Å². The Morgan fingerprint density at radius 1 is 1.16 bits per heavy atom. The average molecular weight is 434 g/mol. The molecule has 2 aromatic rings. The van der Waals surface area contributed by atoms with Gasteiger partial charge in [-0.25, -0.2) is 9.18 Å². The summed E-state index contributed by atoms with van der Waals surface area (Å²) in [5, 5.41) is 3.33. The van der Waals surface area contributed by atoms with Crippen LogP contribution in [0.15, 0.2) is 42.5 Å². The van der Waals surface area contributed by atoms with Crippen molar-refractivity contribution in [2.75, 3.05) is 32.8 Å². The van der Waals surface area contributed by atoms with Crippen molar-refractivity contribution in [3.8, 4) is 18.1 Å². The third-order valence-electron chi connectivity index (χ3n) is 7.08. The molecule has 3 saturated heterocycles. The molecule has 2 atom stereocenters. The van der Waals surface area contributed by atoms with E-state index in [0.717, 1.165) is 61.3 Å². The number of carbonyl (C=O) groups excluding carboxylic acids is 1. The number of terminal acetylenes is 1. The van der Waals surface area contributed by atoms with Gasteiger partial charge in [0, 0.05) is 19.1 Å². The summed E-state index contributed by atoms with van der Waals surface area (Å²) in [6.07, 6.45) is 8.34. The van der Waals surface area contributed by atoms with Crippen molar-refractivity contribution in [2.24, 2.45) is 5.92 Å². The van der Waals surface area contributed by atoms with Crippen molar-refractivity contribution in [3.63, 3.8) is 0 Å². The minimum absolute atomic E-state index is 0.0450. The van der Waals surface area contributed by atoms with Gasteiger partial charge in [0.2, 0.25) is 0 Å². The molecule has 0 spiro atoms. The van der Waals surface area contributed by atoms with Crippen LogP contribution in [0.2, 0.25) is 0 Å². The summed E-state index contributed by atoms with van der Waals surface area (Å²) >= 11 is 0. The van der Waals surface area contributed by atoms with E-state index in [2.05, 4.69) is 16.1 Å². The molecule has 0 aliphatic carbocycles. The molecule has 4 heterocycles. The Bertz CT molecular complexity index is 1020. The lowest BCUT2D eigenvalue weighted by Crippen LogP contribution is -2.59. The summed E-state index contributed by atoms with van der Waals surface area (Å²) in [4.78, 5) is 17.8. The largest absolute Gasteiger partial charge is 0.481 e. The maximum Gasteiger partial charge on any atom is 0.318 e.